The van der Waals surface area contributed by atoms with Crippen molar-refractivity contribution in [2.75, 3.05) is 13.2 Å². The molecule has 1 N–H and O–H groups in total. The zero-order valence-corrected chi connectivity index (χ0v) is 12.5. The highest BCUT2D eigenvalue weighted by Crippen LogP contribution is 2.41. The van der Waals surface area contributed by atoms with Gasteiger partial charge in [-0.05, 0) is 32.1 Å². The summed E-state index contributed by atoms with van der Waals surface area (Å²) < 4.78 is 16.1. The standard InChI is InChI=1S/C14H22N2O5/c1-3-20-14(6-4-5-10(2)7-14)13-15-11(21-16-13)8-19-9-12(17)18/h10H,3-9H2,1-2H3,(H,17,18). The summed E-state index contributed by atoms with van der Waals surface area (Å²) in [6.45, 7) is 4.36. The molecule has 0 amide bonds. The molecule has 7 heteroatoms. The Balaban J connectivity index is 2.07. The molecule has 1 aliphatic carbocycles. The van der Waals surface area contributed by atoms with Gasteiger partial charge in [0.05, 0.1) is 0 Å². The van der Waals surface area contributed by atoms with E-state index in [4.69, 9.17) is 19.1 Å². The van der Waals surface area contributed by atoms with Crippen LogP contribution in [0.1, 0.15) is 51.2 Å². The lowest BCUT2D eigenvalue weighted by atomic mass is 9.78. The van der Waals surface area contributed by atoms with E-state index >= 15 is 0 Å². The predicted octanol–water partition coefficient (Wildman–Crippen LogP) is 2.11. The van der Waals surface area contributed by atoms with Gasteiger partial charge in [-0.1, -0.05) is 18.5 Å². The van der Waals surface area contributed by atoms with E-state index in [1.807, 2.05) is 6.92 Å². The van der Waals surface area contributed by atoms with Crippen LogP contribution in [0.25, 0.3) is 0 Å². The van der Waals surface area contributed by atoms with E-state index < -0.39 is 11.6 Å². The number of hydrogen-bond acceptors (Lipinski definition) is 6. The van der Waals surface area contributed by atoms with Crippen LogP contribution in [0.3, 0.4) is 0 Å². The highest BCUT2D eigenvalue weighted by Gasteiger charge is 2.41. The van der Waals surface area contributed by atoms with Gasteiger partial charge >= 0.3 is 5.97 Å². The van der Waals surface area contributed by atoms with E-state index in [1.54, 1.807) is 0 Å². The monoisotopic (exact) mass is 298 g/mol. The summed E-state index contributed by atoms with van der Waals surface area (Å²) in [4.78, 5) is 14.7. The molecule has 7 nitrogen and oxygen atoms in total. The molecule has 21 heavy (non-hydrogen) atoms. The third-order valence-corrected chi connectivity index (χ3v) is 3.70. The number of carboxylic acids is 1. The van der Waals surface area contributed by atoms with Crippen molar-refractivity contribution in [1.82, 2.24) is 10.1 Å². The Labute approximate surface area is 123 Å². The largest absolute Gasteiger partial charge is 0.480 e. The van der Waals surface area contributed by atoms with Gasteiger partial charge in [-0.15, -0.1) is 0 Å². The molecule has 1 heterocycles. The molecule has 1 aromatic rings. The van der Waals surface area contributed by atoms with Crippen molar-refractivity contribution in [2.24, 2.45) is 5.92 Å². The van der Waals surface area contributed by atoms with E-state index in [9.17, 15) is 4.79 Å². The van der Waals surface area contributed by atoms with E-state index in [2.05, 4.69) is 17.1 Å². The SMILES string of the molecule is CCOC1(c2noc(COCC(=O)O)n2)CCCC(C)C1. The molecule has 0 radical (unpaired) electrons. The quantitative estimate of drug-likeness (QED) is 0.823. The molecule has 1 aliphatic rings. The van der Waals surface area contributed by atoms with Crippen LogP contribution in [0.15, 0.2) is 4.52 Å². The molecule has 0 bridgehead atoms. The Hall–Kier alpha value is -1.47. The topological polar surface area (TPSA) is 94.7 Å². The van der Waals surface area contributed by atoms with Gasteiger partial charge in [0.15, 0.2) is 0 Å². The smallest absolute Gasteiger partial charge is 0.329 e. The first-order valence-corrected chi connectivity index (χ1v) is 7.32. The number of rotatable bonds is 7. The van der Waals surface area contributed by atoms with Gasteiger partial charge in [0.25, 0.3) is 5.89 Å². The van der Waals surface area contributed by atoms with Crippen LogP contribution in [0, 0.1) is 5.92 Å². The van der Waals surface area contributed by atoms with Gasteiger partial charge in [-0.25, -0.2) is 4.79 Å². The molecular formula is C14H22N2O5. The van der Waals surface area contributed by atoms with Crippen LogP contribution in [0.2, 0.25) is 0 Å². The maximum atomic E-state index is 10.4. The molecule has 2 unspecified atom stereocenters. The molecule has 2 atom stereocenters. The molecule has 0 aliphatic heterocycles. The van der Waals surface area contributed by atoms with E-state index in [1.165, 1.54) is 6.42 Å². The van der Waals surface area contributed by atoms with Crippen LogP contribution < -0.4 is 0 Å². The molecule has 1 aromatic heterocycles. The van der Waals surface area contributed by atoms with Crippen molar-refractivity contribution in [2.45, 2.75) is 51.7 Å². The van der Waals surface area contributed by atoms with Gasteiger partial charge in [-0.3, -0.25) is 0 Å². The van der Waals surface area contributed by atoms with Crippen molar-refractivity contribution in [3.8, 4) is 0 Å². The number of nitrogens with zero attached hydrogens (tertiary/aromatic N) is 2. The summed E-state index contributed by atoms with van der Waals surface area (Å²) in [5.74, 6) is 0.352. The number of aromatic nitrogens is 2. The second-order valence-corrected chi connectivity index (χ2v) is 5.53. The Morgan fingerprint density at radius 1 is 1.57 bits per heavy atom. The number of ether oxygens (including phenoxy) is 2. The number of carboxylic acid groups (broad SMARTS) is 1. The summed E-state index contributed by atoms with van der Waals surface area (Å²) in [6, 6.07) is 0. The van der Waals surface area contributed by atoms with Gasteiger partial charge in [0, 0.05) is 6.61 Å². The van der Waals surface area contributed by atoms with Gasteiger partial charge in [0.1, 0.15) is 18.8 Å². The lowest BCUT2D eigenvalue weighted by Gasteiger charge is -2.37. The Bertz CT molecular complexity index is 472. The van der Waals surface area contributed by atoms with E-state index in [-0.39, 0.29) is 19.1 Å². The fraction of sp³-hybridized carbons (Fsp3) is 0.786. The molecule has 1 saturated carbocycles. The van der Waals surface area contributed by atoms with Crippen molar-refractivity contribution >= 4 is 5.97 Å². The summed E-state index contributed by atoms with van der Waals surface area (Å²) in [5, 5.41) is 12.6. The Kier molecular flexibility index (Phi) is 5.30. The second-order valence-electron chi connectivity index (χ2n) is 5.53. The lowest BCUT2D eigenvalue weighted by molar-refractivity contribution is -0.142. The average molecular weight is 298 g/mol. The minimum Gasteiger partial charge on any atom is -0.480 e. The van der Waals surface area contributed by atoms with Crippen molar-refractivity contribution in [3.05, 3.63) is 11.7 Å². The molecule has 0 aromatic carbocycles. The maximum Gasteiger partial charge on any atom is 0.329 e. The second kappa shape index (κ2) is 7.00. The summed E-state index contributed by atoms with van der Waals surface area (Å²) in [7, 11) is 0. The van der Waals surface area contributed by atoms with Crippen molar-refractivity contribution in [3.63, 3.8) is 0 Å². The number of carbonyl (C=O) groups is 1. The van der Waals surface area contributed by atoms with Gasteiger partial charge in [0.2, 0.25) is 5.82 Å². The highest BCUT2D eigenvalue weighted by molar-refractivity contribution is 5.67. The molecule has 1 fully saturated rings. The van der Waals surface area contributed by atoms with Crippen LogP contribution in [-0.2, 0) is 26.5 Å². The normalized spacial score (nSPS) is 25.9. The van der Waals surface area contributed by atoms with E-state index in [0.29, 0.717) is 18.3 Å². The van der Waals surface area contributed by atoms with Crippen LogP contribution >= 0.6 is 0 Å². The van der Waals surface area contributed by atoms with Crippen molar-refractivity contribution in [1.29, 1.82) is 0 Å². The number of hydrogen-bond donors (Lipinski definition) is 1. The van der Waals surface area contributed by atoms with E-state index in [0.717, 1.165) is 19.3 Å². The summed E-state index contributed by atoms with van der Waals surface area (Å²) in [5.41, 5.74) is -0.485. The molecule has 2 rings (SSSR count). The highest BCUT2D eigenvalue weighted by atomic mass is 16.5. The average Bonchev–Trinajstić information content (AvgIpc) is 2.88. The zero-order chi connectivity index (χ0) is 15.3. The number of aliphatic carboxylic acids is 1. The Morgan fingerprint density at radius 3 is 3.05 bits per heavy atom. The summed E-state index contributed by atoms with van der Waals surface area (Å²) >= 11 is 0. The third-order valence-electron chi connectivity index (χ3n) is 3.70. The van der Waals surface area contributed by atoms with Gasteiger partial charge in [-0.2, -0.15) is 4.98 Å². The minimum atomic E-state index is -1.03. The maximum absolute atomic E-state index is 10.4. The first-order valence-electron chi connectivity index (χ1n) is 7.32. The Morgan fingerprint density at radius 2 is 2.38 bits per heavy atom. The fourth-order valence-corrected chi connectivity index (χ4v) is 2.90. The van der Waals surface area contributed by atoms with Crippen LogP contribution in [0.4, 0.5) is 0 Å². The van der Waals surface area contributed by atoms with Crippen molar-refractivity contribution < 1.29 is 23.9 Å². The van der Waals surface area contributed by atoms with Gasteiger partial charge < -0.3 is 19.1 Å². The minimum absolute atomic E-state index is 0.00292. The predicted molar refractivity (Wildman–Crippen MR) is 72.5 cm³/mol. The molecule has 118 valence electrons. The third kappa shape index (κ3) is 4.01. The molecule has 0 saturated heterocycles. The first-order chi connectivity index (χ1) is 10.1. The first kappa shape index (κ1) is 15.9. The lowest BCUT2D eigenvalue weighted by Crippen LogP contribution is -2.36. The molecule has 0 spiro atoms. The molecular weight excluding hydrogens is 276 g/mol. The zero-order valence-electron chi connectivity index (χ0n) is 12.5. The van der Waals surface area contributed by atoms with Crippen LogP contribution in [0.5, 0.6) is 0 Å². The van der Waals surface area contributed by atoms with Crippen LogP contribution in [-0.4, -0.2) is 34.4 Å². The summed E-state index contributed by atoms with van der Waals surface area (Å²) in [6.07, 6.45) is 4.00. The fourth-order valence-electron chi connectivity index (χ4n) is 2.90.